The van der Waals surface area contributed by atoms with Gasteiger partial charge in [0.15, 0.2) is 0 Å². The van der Waals surface area contributed by atoms with Gasteiger partial charge in [0.1, 0.15) is 5.78 Å². The number of hydrogen-bond acceptors (Lipinski definition) is 3. The molecular weight excluding hydrogens is 226 g/mol. The fraction of sp³-hybridized carbons (Fsp3) is 0.933. The Morgan fingerprint density at radius 3 is 2.83 bits per heavy atom. The Balaban J connectivity index is 1.84. The van der Waals surface area contributed by atoms with E-state index in [-0.39, 0.29) is 5.92 Å². The standard InChI is InChI=1S/C15H27NO2/c1-11-7-12(2)14(15(18)8-11)10-16-5-3-13(9-16)4-6-17/h11-14,17H,3-10H2,1-2H3. The predicted molar refractivity (Wildman–Crippen MR) is 72.3 cm³/mol. The molecule has 2 fully saturated rings. The molecule has 3 heteroatoms. The summed E-state index contributed by atoms with van der Waals surface area (Å²) in [4.78, 5) is 14.6. The minimum Gasteiger partial charge on any atom is -0.396 e. The predicted octanol–water partition coefficient (Wildman–Crippen LogP) is 1.94. The van der Waals surface area contributed by atoms with Gasteiger partial charge in [-0.15, -0.1) is 0 Å². The Hall–Kier alpha value is -0.410. The molecule has 4 atom stereocenters. The van der Waals surface area contributed by atoms with Crippen LogP contribution in [0.3, 0.4) is 0 Å². The summed E-state index contributed by atoms with van der Waals surface area (Å²) in [5.74, 6) is 2.49. The zero-order valence-corrected chi connectivity index (χ0v) is 11.8. The first-order valence-corrected chi connectivity index (χ1v) is 7.46. The monoisotopic (exact) mass is 253 g/mol. The number of carbonyl (C=O) groups excluding carboxylic acids is 1. The first-order chi connectivity index (χ1) is 8.60. The zero-order chi connectivity index (χ0) is 13.1. The lowest BCUT2D eigenvalue weighted by molar-refractivity contribution is -0.128. The molecule has 0 aromatic rings. The van der Waals surface area contributed by atoms with Crippen molar-refractivity contribution in [2.45, 2.75) is 39.5 Å². The van der Waals surface area contributed by atoms with Gasteiger partial charge in [0.05, 0.1) is 0 Å². The SMILES string of the molecule is CC1CC(=O)C(CN2CCC(CCO)C2)C(C)C1. The molecule has 18 heavy (non-hydrogen) atoms. The van der Waals surface area contributed by atoms with Crippen LogP contribution in [-0.4, -0.2) is 42.0 Å². The van der Waals surface area contributed by atoms with Crippen LogP contribution in [-0.2, 0) is 4.79 Å². The van der Waals surface area contributed by atoms with Crippen LogP contribution in [0, 0.1) is 23.7 Å². The van der Waals surface area contributed by atoms with Gasteiger partial charge in [-0.1, -0.05) is 13.8 Å². The molecule has 1 heterocycles. The molecular formula is C15H27NO2. The summed E-state index contributed by atoms with van der Waals surface area (Å²) in [5, 5.41) is 8.97. The summed E-state index contributed by atoms with van der Waals surface area (Å²) < 4.78 is 0. The quantitative estimate of drug-likeness (QED) is 0.832. The third-order valence-electron chi connectivity index (χ3n) is 4.79. The second-order valence-corrected chi connectivity index (χ2v) is 6.52. The molecule has 2 aliphatic rings. The number of likely N-dealkylation sites (tertiary alicyclic amines) is 1. The van der Waals surface area contributed by atoms with E-state index in [4.69, 9.17) is 5.11 Å². The van der Waals surface area contributed by atoms with Gasteiger partial charge in [0.2, 0.25) is 0 Å². The van der Waals surface area contributed by atoms with Gasteiger partial charge in [0.25, 0.3) is 0 Å². The third kappa shape index (κ3) is 3.33. The van der Waals surface area contributed by atoms with Crippen molar-refractivity contribution in [2.75, 3.05) is 26.2 Å². The number of Topliss-reactive ketones (excluding diaryl/α,β-unsaturated/α-hetero) is 1. The molecule has 0 aromatic heterocycles. The van der Waals surface area contributed by atoms with Crippen molar-refractivity contribution in [1.82, 2.24) is 4.90 Å². The van der Waals surface area contributed by atoms with E-state index in [9.17, 15) is 4.79 Å². The van der Waals surface area contributed by atoms with E-state index in [0.717, 1.165) is 32.5 Å². The molecule has 1 aliphatic carbocycles. The van der Waals surface area contributed by atoms with Crippen LogP contribution in [0.4, 0.5) is 0 Å². The molecule has 1 saturated heterocycles. The molecule has 1 N–H and O–H groups in total. The van der Waals surface area contributed by atoms with Gasteiger partial charge in [0, 0.05) is 32.0 Å². The van der Waals surface area contributed by atoms with Crippen LogP contribution in [0.15, 0.2) is 0 Å². The Bertz CT molecular complexity index is 292. The normalized spacial score (nSPS) is 38.3. The smallest absolute Gasteiger partial charge is 0.137 e. The Morgan fingerprint density at radius 1 is 1.39 bits per heavy atom. The fourth-order valence-corrected chi connectivity index (χ4v) is 3.75. The molecule has 0 bridgehead atoms. The van der Waals surface area contributed by atoms with Gasteiger partial charge in [-0.3, -0.25) is 4.79 Å². The molecule has 104 valence electrons. The van der Waals surface area contributed by atoms with Gasteiger partial charge >= 0.3 is 0 Å². The molecule has 0 aromatic carbocycles. The lowest BCUT2D eigenvalue weighted by Crippen LogP contribution is -2.39. The number of aliphatic hydroxyl groups is 1. The number of rotatable bonds is 4. The number of hydrogen-bond donors (Lipinski definition) is 1. The van der Waals surface area contributed by atoms with Crippen LogP contribution >= 0.6 is 0 Å². The molecule has 0 spiro atoms. The van der Waals surface area contributed by atoms with Crippen LogP contribution < -0.4 is 0 Å². The number of carbonyl (C=O) groups is 1. The van der Waals surface area contributed by atoms with E-state index in [1.807, 2.05) is 0 Å². The summed E-state index contributed by atoms with van der Waals surface area (Å²) in [5.41, 5.74) is 0. The summed E-state index contributed by atoms with van der Waals surface area (Å²) in [6.07, 6.45) is 4.08. The summed E-state index contributed by atoms with van der Waals surface area (Å²) in [7, 11) is 0. The first-order valence-electron chi connectivity index (χ1n) is 7.46. The average Bonchev–Trinajstić information content (AvgIpc) is 2.72. The van der Waals surface area contributed by atoms with Crippen molar-refractivity contribution in [2.24, 2.45) is 23.7 Å². The van der Waals surface area contributed by atoms with Gasteiger partial charge in [-0.25, -0.2) is 0 Å². The molecule has 4 unspecified atom stereocenters. The van der Waals surface area contributed by atoms with Crippen LogP contribution in [0.25, 0.3) is 0 Å². The Kier molecular flexibility index (Phi) is 4.79. The second kappa shape index (κ2) is 6.16. The maximum Gasteiger partial charge on any atom is 0.137 e. The largest absolute Gasteiger partial charge is 0.396 e. The van der Waals surface area contributed by atoms with E-state index in [1.165, 1.54) is 12.8 Å². The Morgan fingerprint density at radius 2 is 2.17 bits per heavy atom. The lowest BCUT2D eigenvalue weighted by atomic mass is 9.74. The third-order valence-corrected chi connectivity index (χ3v) is 4.79. The second-order valence-electron chi connectivity index (χ2n) is 6.52. The van der Waals surface area contributed by atoms with E-state index >= 15 is 0 Å². The number of ketones is 1. The van der Waals surface area contributed by atoms with Crippen LogP contribution in [0.2, 0.25) is 0 Å². The minimum absolute atomic E-state index is 0.258. The van der Waals surface area contributed by atoms with Crippen molar-refractivity contribution in [3.05, 3.63) is 0 Å². The molecule has 0 amide bonds. The van der Waals surface area contributed by atoms with Crippen LogP contribution in [0.5, 0.6) is 0 Å². The maximum atomic E-state index is 12.1. The molecule has 3 nitrogen and oxygen atoms in total. The number of nitrogens with zero attached hydrogens (tertiary/aromatic N) is 1. The molecule has 2 rings (SSSR count). The molecule has 1 saturated carbocycles. The highest BCUT2D eigenvalue weighted by Gasteiger charge is 2.34. The van der Waals surface area contributed by atoms with E-state index in [0.29, 0.717) is 30.1 Å². The summed E-state index contributed by atoms with van der Waals surface area (Å²) in [6, 6.07) is 0. The van der Waals surface area contributed by atoms with Crippen molar-refractivity contribution in [3.8, 4) is 0 Å². The van der Waals surface area contributed by atoms with E-state index < -0.39 is 0 Å². The highest BCUT2D eigenvalue weighted by molar-refractivity contribution is 5.82. The Labute approximate surface area is 111 Å². The van der Waals surface area contributed by atoms with E-state index in [1.54, 1.807) is 0 Å². The average molecular weight is 253 g/mol. The molecule has 1 aliphatic heterocycles. The van der Waals surface area contributed by atoms with Gasteiger partial charge in [-0.05, 0) is 43.6 Å². The minimum atomic E-state index is 0.258. The lowest BCUT2D eigenvalue weighted by Gasteiger charge is -2.34. The van der Waals surface area contributed by atoms with Crippen molar-refractivity contribution < 1.29 is 9.90 Å². The van der Waals surface area contributed by atoms with E-state index in [2.05, 4.69) is 18.7 Å². The zero-order valence-electron chi connectivity index (χ0n) is 11.8. The van der Waals surface area contributed by atoms with Crippen molar-refractivity contribution in [3.63, 3.8) is 0 Å². The van der Waals surface area contributed by atoms with Gasteiger partial charge < -0.3 is 10.0 Å². The molecule has 0 radical (unpaired) electrons. The summed E-state index contributed by atoms with van der Waals surface area (Å²) >= 11 is 0. The van der Waals surface area contributed by atoms with Crippen molar-refractivity contribution >= 4 is 5.78 Å². The number of aliphatic hydroxyl groups excluding tert-OH is 1. The highest BCUT2D eigenvalue weighted by Crippen LogP contribution is 2.32. The van der Waals surface area contributed by atoms with Crippen molar-refractivity contribution in [1.29, 1.82) is 0 Å². The fourth-order valence-electron chi connectivity index (χ4n) is 3.75. The summed E-state index contributed by atoms with van der Waals surface area (Å²) in [6.45, 7) is 7.87. The van der Waals surface area contributed by atoms with Crippen LogP contribution in [0.1, 0.15) is 39.5 Å². The topological polar surface area (TPSA) is 40.5 Å². The first kappa shape index (κ1) is 14.0. The highest BCUT2D eigenvalue weighted by atomic mass is 16.3. The van der Waals surface area contributed by atoms with Gasteiger partial charge in [-0.2, -0.15) is 0 Å². The maximum absolute atomic E-state index is 12.1.